The van der Waals surface area contributed by atoms with Crippen LogP contribution in [-0.2, 0) is 11.3 Å². The lowest BCUT2D eigenvalue weighted by atomic mass is 10.2. The molecule has 0 saturated heterocycles. The number of amides is 1. The number of halogens is 1. The van der Waals surface area contributed by atoms with Gasteiger partial charge in [0.15, 0.2) is 11.5 Å². The van der Waals surface area contributed by atoms with Gasteiger partial charge in [0, 0.05) is 23.8 Å². The summed E-state index contributed by atoms with van der Waals surface area (Å²) in [5, 5.41) is 6.28. The van der Waals surface area contributed by atoms with Gasteiger partial charge in [-0.2, -0.15) is 0 Å². The van der Waals surface area contributed by atoms with Crippen LogP contribution in [0, 0.1) is 5.92 Å². The van der Waals surface area contributed by atoms with E-state index in [1.807, 2.05) is 57.2 Å². The third-order valence-electron chi connectivity index (χ3n) is 3.99. The molecule has 2 rings (SSSR count). The summed E-state index contributed by atoms with van der Waals surface area (Å²) in [7, 11) is 0. The minimum atomic E-state index is -0.0416. The lowest BCUT2D eigenvalue weighted by Crippen LogP contribution is -2.17. The van der Waals surface area contributed by atoms with Crippen molar-refractivity contribution in [3.8, 4) is 11.5 Å². The predicted molar refractivity (Wildman–Crippen MR) is 118 cm³/mol. The first-order valence-electron chi connectivity index (χ1n) is 9.67. The monoisotopic (exact) mass is 448 g/mol. The van der Waals surface area contributed by atoms with Crippen molar-refractivity contribution in [2.24, 2.45) is 5.92 Å². The minimum Gasteiger partial charge on any atom is -0.490 e. The van der Waals surface area contributed by atoms with Crippen molar-refractivity contribution < 1.29 is 14.3 Å². The van der Waals surface area contributed by atoms with E-state index < -0.39 is 0 Å². The first-order chi connectivity index (χ1) is 13.4. The molecule has 2 N–H and O–H groups in total. The molecule has 0 atom stereocenters. The lowest BCUT2D eigenvalue weighted by molar-refractivity contribution is -0.118. The molecule has 0 bridgehead atoms. The van der Waals surface area contributed by atoms with Gasteiger partial charge < -0.3 is 20.1 Å². The van der Waals surface area contributed by atoms with E-state index in [4.69, 9.17) is 9.47 Å². The van der Waals surface area contributed by atoms with E-state index in [-0.39, 0.29) is 11.8 Å². The Bertz CT molecular complexity index is 776. The van der Waals surface area contributed by atoms with Crippen LogP contribution in [0.3, 0.4) is 0 Å². The minimum absolute atomic E-state index is 0.0133. The summed E-state index contributed by atoms with van der Waals surface area (Å²) >= 11 is 3.60. The number of benzene rings is 2. The summed E-state index contributed by atoms with van der Waals surface area (Å²) < 4.78 is 12.5. The van der Waals surface area contributed by atoms with E-state index in [1.165, 1.54) is 0 Å². The van der Waals surface area contributed by atoms with Crippen molar-refractivity contribution >= 4 is 33.2 Å². The highest BCUT2D eigenvalue weighted by molar-refractivity contribution is 9.10. The molecule has 0 aliphatic rings. The molecule has 2 aromatic rings. The van der Waals surface area contributed by atoms with Gasteiger partial charge in [-0.05, 0) is 71.2 Å². The Hall–Kier alpha value is -2.21. The quantitative estimate of drug-likeness (QED) is 0.478. The number of ether oxygens (including phenoxy) is 2. The van der Waals surface area contributed by atoms with Crippen molar-refractivity contribution in [2.45, 2.75) is 40.7 Å². The fourth-order valence-corrected chi connectivity index (χ4v) is 3.10. The maximum Gasteiger partial charge on any atom is 0.226 e. The molecular weight excluding hydrogens is 420 g/mol. The Kier molecular flexibility index (Phi) is 8.64. The molecule has 0 saturated carbocycles. The Morgan fingerprint density at radius 2 is 1.75 bits per heavy atom. The maximum atomic E-state index is 11.8. The van der Waals surface area contributed by atoms with E-state index in [2.05, 4.69) is 33.5 Å². The molecule has 0 aliphatic carbocycles. The summed E-state index contributed by atoms with van der Waals surface area (Å²) in [4.78, 5) is 11.8. The Morgan fingerprint density at radius 1 is 1.07 bits per heavy atom. The highest BCUT2D eigenvalue weighted by Gasteiger charge is 2.12. The average Bonchev–Trinajstić information content (AvgIpc) is 2.67. The zero-order valence-electron chi connectivity index (χ0n) is 17.0. The molecule has 0 fully saturated rings. The largest absolute Gasteiger partial charge is 0.490 e. The van der Waals surface area contributed by atoms with E-state index in [0.717, 1.165) is 39.3 Å². The molecule has 6 heteroatoms. The second-order valence-electron chi connectivity index (χ2n) is 6.76. The molecule has 0 unspecified atom stereocenters. The molecule has 2 aromatic carbocycles. The normalized spacial score (nSPS) is 10.6. The van der Waals surface area contributed by atoms with Gasteiger partial charge in [-0.15, -0.1) is 0 Å². The summed E-state index contributed by atoms with van der Waals surface area (Å²) in [6.07, 6.45) is 0.939. The molecule has 5 nitrogen and oxygen atoms in total. The maximum absolute atomic E-state index is 11.8. The zero-order valence-corrected chi connectivity index (χ0v) is 18.6. The molecule has 0 aromatic heterocycles. The standard InChI is InChI=1S/C22H29BrN2O3/c1-5-11-28-21-19(23)12-16(13-20(21)27-6-2)14-24-17-7-9-18(10-8-17)25-22(26)15(3)4/h7-10,12-13,15,24H,5-6,11,14H2,1-4H3,(H,25,26). The van der Waals surface area contributed by atoms with Crippen LogP contribution < -0.4 is 20.1 Å². The molecular formula is C22H29BrN2O3. The van der Waals surface area contributed by atoms with Crippen molar-refractivity contribution in [3.63, 3.8) is 0 Å². The second-order valence-corrected chi connectivity index (χ2v) is 7.62. The first-order valence-corrected chi connectivity index (χ1v) is 10.5. The predicted octanol–water partition coefficient (Wildman–Crippen LogP) is 5.84. The van der Waals surface area contributed by atoms with Crippen molar-refractivity contribution in [1.29, 1.82) is 0 Å². The van der Waals surface area contributed by atoms with E-state index in [0.29, 0.717) is 19.8 Å². The highest BCUT2D eigenvalue weighted by atomic mass is 79.9. The number of carbonyl (C=O) groups excluding carboxylic acids is 1. The van der Waals surface area contributed by atoms with Gasteiger partial charge in [0.25, 0.3) is 0 Å². The molecule has 0 aliphatic heterocycles. The van der Waals surface area contributed by atoms with E-state index in [9.17, 15) is 4.79 Å². The lowest BCUT2D eigenvalue weighted by Gasteiger charge is -2.16. The summed E-state index contributed by atoms with van der Waals surface area (Å²) in [6.45, 7) is 9.65. The Morgan fingerprint density at radius 3 is 2.36 bits per heavy atom. The van der Waals surface area contributed by atoms with Crippen molar-refractivity contribution in [2.75, 3.05) is 23.8 Å². The van der Waals surface area contributed by atoms with Gasteiger partial charge >= 0.3 is 0 Å². The van der Waals surface area contributed by atoms with Gasteiger partial charge in [0.1, 0.15) is 0 Å². The number of hydrogen-bond donors (Lipinski definition) is 2. The number of anilines is 2. The number of nitrogens with one attached hydrogen (secondary N) is 2. The van der Waals surface area contributed by atoms with Crippen LogP contribution in [0.1, 0.15) is 39.7 Å². The Labute approximate surface area is 175 Å². The summed E-state index contributed by atoms with van der Waals surface area (Å²) in [5.74, 6) is 1.46. The fourth-order valence-electron chi connectivity index (χ4n) is 2.49. The smallest absolute Gasteiger partial charge is 0.226 e. The summed E-state index contributed by atoms with van der Waals surface area (Å²) in [6, 6.07) is 11.7. The van der Waals surface area contributed by atoms with Gasteiger partial charge in [-0.3, -0.25) is 4.79 Å². The van der Waals surface area contributed by atoms with E-state index >= 15 is 0 Å². The van der Waals surface area contributed by atoms with Crippen LogP contribution in [0.25, 0.3) is 0 Å². The molecule has 28 heavy (non-hydrogen) atoms. The fraction of sp³-hybridized carbons (Fsp3) is 0.409. The summed E-state index contributed by atoms with van der Waals surface area (Å²) in [5.41, 5.74) is 2.85. The number of carbonyl (C=O) groups is 1. The Balaban J connectivity index is 2.04. The molecule has 0 heterocycles. The van der Waals surface area contributed by atoms with Gasteiger partial charge in [-0.25, -0.2) is 0 Å². The average molecular weight is 449 g/mol. The molecule has 0 radical (unpaired) electrons. The van der Waals surface area contributed by atoms with Crippen LogP contribution in [0.5, 0.6) is 11.5 Å². The van der Waals surface area contributed by atoms with Crippen LogP contribution in [-0.4, -0.2) is 19.1 Å². The number of rotatable bonds is 10. The third kappa shape index (κ3) is 6.44. The van der Waals surface area contributed by atoms with Crippen molar-refractivity contribution in [3.05, 3.63) is 46.4 Å². The first kappa shape index (κ1) is 22.1. The molecule has 0 spiro atoms. The topological polar surface area (TPSA) is 59.6 Å². The number of hydrogen-bond acceptors (Lipinski definition) is 4. The molecule has 152 valence electrons. The highest BCUT2D eigenvalue weighted by Crippen LogP contribution is 2.37. The van der Waals surface area contributed by atoms with Crippen LogP contribution >= 0.6 is 15.9 Å². The SMILES string of the molecule is CCCOc1c(Br)cc(CNc2ccc(NC(=O)C(C)C)cc2)cc1OCC. The van der Waals surface area contributed by atoms with Crippen LogP contribution in [0.15, 0.2) is 40.9 Å². The second kappa shape index (κ2) is 11.0. The zero-order chi connectivity index (χ0) is 20.5. The van der Waals surface area contributed by atoms with Gasteiger partial charge in [0.05, 0.1) is 17.7 Å². The van der Waals surface area contributed by atoms with Crippen LogP contribution in [0.2, 0.25) is 0 Å². The van der Waals surface area contributed by atoms with E-state index in [1.54, 1.807) is 0 Å². The van der Waals surface area contributed by atoms with Gasteiger partial charge in [-0.1, -0.05) is 20.8 Å². The third-order valence-corrected chi connectivity index (χ3v) is 4.58. The molecule has 1 amide bonds. The van der Waals surface area contributed by atoms with Crippen LogP contribution in [0.4, 0.5) is 11.4 Å². The van der Waals surface area contributed by atoms with Gasteiger partial charge in [0.2, 0.25) is 5.91 Å². The van der Waals surface area contributed by atoms with Crippen molar-refractivity contribution in [1.82, 2.24) is 0 Å².